The molecule has 1 heteroatoms. The molecule has 0 aromatic heterocycles. The molecule has 16 heavy (non-hydrogen) atoms. The van der Waals surface area contributed by atoms with Crippen LogP contribution in [0.1, 0.15) is 11.1 Å². The van der Waals surface area contributed by atoms with Crippen LogP contribution in [0.25, 0.3) is 0 Å². The van der Waals surface area contributed by atoms with Crippen LogP contribution in [-0.2, 0) is 13.0 Å². The lowest BCUT2D eigenvalue weighted by molar-refractivity contribution is 0.672. The van der Waals surface area contributed by atoms with Crippen molar-refractivity contribution in [2.24, 2.45) is 0 Å². The van der Waals surface area contributed by atoms with Gasteiger partial charge >= 0.3 is 0 Å². The van der Waals surface area contributed by atoms with Crippen LogP contribution in [0.5, 0.6) is 0 Å². The van der Waals surface area contributed by atoms with Crippen LogP contribution in [0.4, 0.5) is 0 Å². The predicted octanol–water partition coefficient (Wildman–Crippen LogP) is 3.03. The van der Waals surface area contributed by atoms with E-state index in [2.05, 4.69) is 53.8 Å². The van der Waals surface area contributed by atoms with E-state index in [0.29, 0.717) is 0 Å². The third-order valence-electron chi connectivity index (χ3n) is 2.54. The molecule has 2 aromatic carbocycles. The zero-order valence-electron chi connectivity index (χ0n) is 9.34. The van der Waals surface area contributed by atoms with Gasteiger partial charge in [0, 0.05) is 13.1 Å². The molecular weight excluding hydrogens is 194 g/mol. The van der Waals surface area contributed by atoms with Gasteiger partial charge in [-0.25, -0.2) is 5.32 Å². The lowest BCUT2D eigenvalue weighted by Gasteiger charge is -2.02. The molecule has 0 atom stereocenters. The van der Waals surface area contributed by atoms with Gasteiger partial charge in [0.25, 0.3) is 0 Å². The Morgan fingerprint density at radius 3 is 1.88 bits per heavy atom. The highest BCUT2D eigenvalue weighted by Crippen LogP contribution is 2.00. The van der Waals surface area contributed by atoms with Crippen molar-refractivity contribution in [2.75, 3.05) is 6.54 Å². The zero-order chi connectivity index (χ0) is 11.1. The van der Waals surface area contributed by atoms with Crippen LogP contribution in [-0.4, -0.2) is 6.54 Å². The molecule has 81 valence electrons. The molecule has 0 amide bonds. The van der Waals surface area contributed by atoms with Gasteiger partial charge in [0.15, 0.2) is 0 Å². The van der Waals surface area contributed by atoms with E-state index in [0.717, 1.165) is 19.5 Å². The SMILES string of the molecule is c1ccc(CC[N]Cc2ccccc2)cc1. The Morgan fingerprint density at radius 1 is 0.688 bits per heavy atom. The fourth-order valence-electron chi connectivity index (χ4n) is 1.64. The lowest BCUT2D eigenvalue weighted by Crippen LogP contribution is -2.08. The minimum atomic E-state index is 0.827. The second-order valence-electron chi connectivity index (χ2n) is 3.83. The fourth-order valence-corrected chi connectivity index (χ4v) is 1.64. The first-order chi connectivity index (χ1) is 7.95. The van der Waals surface area contributed by atoms with E-state index in [1.165, 1.54) is 11.1 Å². The van der Waals surface area contributed by atoms with E-state index in [4.69, 9.17) is 0 Å². The summed E-state index contributed by atoms with van der Waals surface area (Å²) < 4.78 is 0. The maximum absolute atomic E-state index is 4.54. The van der Waals surface area contributed by atoms with Gasteiger partial charge in [-0.05, 0) is 17.5 Å². The van der Waals surface area contributed by atoms with Gasteiger partial charge in [-0.1, -0.05) is 60.7 Å². The van der Waals surface area contributed by atoms with Gasteiger partial charge in [0.05, 0.1) is 0 Å². The zero-order valence-corrected chi connectivity index (χ0v) is 9.34. The second-order valence-corrected chi connectivity index (χ2v) is 3.83. The lowest BCUT2D eigenvalue weighted by atomic mass is 10.1. The van der Waals surface area contributed by atoms with Crippen LogP contribution < -0.4 is 5.32 Å². The molecule has 0 saturated carbocycles. The summed E-state index contributed by atoms with van der Waals surface area (Å²) in [5, 5.41) is 4.54. The van der Waals surface area contributed by atoms with Crippen molar-refractivity contribution >= 4 is 0 Å². The monoisotopic (exact) mass is 210 g/mol. The predicted molar refractivity (Wildman–Crippen MR) is 67.3 cm³/mol. The normalized spacial score (nSPS) is 10.2. The largest absolute Gasteiger partial charge is 0.237 e. The highest BCUT2D eigenvalue weighted by molar-refractivity contribution is 5.16. The van der Waals surface area contributed by atoms with E-state index in [1.807, 2.05) is 12.1 Å². The van der Waals surface area contributed by atoms with Gasteiger partial charge in [-0.2, -0.15) is 0 Å². The first-order valence-electron chi connectivity index (χ1n) is 5.66. The summed E-state index contributed by atoms with van der Waals surface area (Å²) in [4.78, 5) is 0. The average molecular weight is 210 g/mol. The van der Waals surface area contributed by atoms with Gasteiger partial charge in [-0.15, -0.1) is 0 Å². The Kier molecular flexibility index (Phi) is 4.15. The Bertz CT molecular complexity index is 353. The molecule has 0 fully saturated rings. The molecule has 0 aliphatic heterocycles. The molecule has 2 aromatic rings. The highest BCUT2D eigenvalue weighted by atomic mass is 14.8. The van der Waals surface area contributed by atoms with Crippen LogP contribution in [0.2, 0.25) is 0 Å². The summed E-state index contributed by atoms with van der Waals surface area (Å²) in [6.07, 6.45) is 1.04. The molecule has 1 nitrogen and oxygen atoms in total. The number of rotatable bonds is 5. The molecule has 0 bridgehead atoms. The smallest absolute Gasteiger partial charge is 0.0384 e. The van der Waals surface area contributed by atoms with Crippen molar-refractivity contribution in [3.8, 4) is 0 Å². The molecule has 0 spiro atoms. The molecule has 0 aliphatic carbocycles. The minimum Gasteiger partial charge on any atom is -0.237 e. The summed E-state index contributed by atoms with van der Waals surface area (Å²) >= 11 is 0. The van der Waals surface area contributed by atoms with Gasteiger partial charge in [0.1, 0.15) is 0 Å². The Hall–Kier alpha value is -1.60. The van der Waals surface area contributed by atoms with Crippen LogP contribution in [0, 0.1) is 0 Å². The first kappa shape index (κ1) is 10.9. The van der Waals surface area contributed by atoms with Gasteiger partial charge < -0.3 is 0 Å². The molecule has 2 rings (SSSR count). The maximum Gasteiger partial charge on any atom is 0.0384 e. The first-order valence-corrected chi connectivity index (χ1v) is 5.66. The summed E-state index contributed by atoms with van der Waals surface area (Å²) in [5.74, 6) is 0. The third-order valence-corrected chi connectivity index (χ3v) is 2.54. The molecule has 0 aliphatic rings. The van der Waals surface area contributed by atoms with Gasteiger partial charge in [0.2, 0.25) is 0 Å². The van der Waals surface area contributed by atoms with Crippen molar-refractivity contribution in [2.45, 2.75) is 13.0 Å². The van der Waals surface area contributed by atoms with E-state index in [-0.39, 0.29) is 0 Å². The molecule has 0 heterocycles. The molecule has 0 N–H and O–H groups in total. The van der Waals surface area contributed by atoms with Crippen molar-refractivity contribution in [3.05, 3.63) is 71.8 Å². The Balaban J connectivity index is 1.70. The number of hydrogen-bond acceptors (Lipinski definition) is 0. The van der Waals surface area contributed by atoms with E-state index in [9.17, 15) is 0 Å². The molecule has 0 unspecified atom stereocenters. The van der Waals surface area contributed by atoms with E-state index < -0.39 is 0 Å². The van der Waals surface area contributed by atoms with Crippen molar-refractivity contribution in [3.63, 3.8) is 0 Å². The van der Waals surface area contributed by atoms with Crippen molar-refractivity contribution < 1.29 is 0 Å². The van der Waals surface area contributed by atoms with E-state index >= 15 is 0 Å². The molecular formula is C15H16N. The summed E-state index contributed by atoms with van der Waals surface area (Å²) in [6, 6.07) is 20.9. The quantitative estimate of drug-likeness (QED) is 0.673. The fraction of sp³-hybridized carbons (Fsp3) is 0.200. The van der Waals surface area contributed by atoms with Gasteiger partial charge in [-0.3, -0.25) is 0 Å². The Labute approximate surface area is 97.1 Å². The van der Waals surface area contributed by atoms with Crippen LogP contribution >= 0.6 is 0 Å². The second kappa shape index (κ2) is 6.09. The van der Waals surface area contributed by atoms with Crippen molar-refractivity contribution in [1.29, 1.82) is 0 Å². The topological polar surface area (TPSA) is 14.1 Å². The maximum atomic E-state index is 4.54. The number of benzene rings is 2. The van der Waals surface area contributed by atoms with Crippen molar-refractivity contribution in [1.82, 2.24) is 5.32 Å². The highest BCUT2D eigenvalue weighted by Gasteiger charge is 1.94. The third kappa shape index (κ3) is 3.52. The summed E-state index contributed by atoms with van der Waals surface area (Å²) in [5.41, 5.74) is 2.65. The minimum absolute atomic E-state index is 0.827. The Morgan fingerprint density at radius 2 is 1.25 bits per heavy atom. The van der Waals surface area contributed by atoms with Crippen LogP contribution in [0.15, 0.2) is 60.7 Å². The molecule has 0 saturated heterocycles. The van der Waals surface area contributed by atoms with Crippen LogP contribution in [0.3, 0.4) is 0 Å². The number of nitrogens with zero attached hydrogens (tertiary/aromatic N) is 1. The summed E-state index contributed by atoms with van der Waals surface area (Å²) in [7, 11) is 0. The number of hydrogen-bond donors (Lipinski definition) is 0. The standard InChI is InChI=1S/C15H16N/c1-3-7-14(8-4-1)11-12-16-13-15-9-5-2-6-10-15/h1-10H,11-13H2. The molecule has 1 radical (unpaired) electrons. The average Bonchev–Trinajstić information content (AvgIpc) is 2.37. The van der Waals surface area contributed by atoms with E-state index in [1.54, 1.807) is 0 Å². The summed E-state index contributed by atoms with van der Waals surface area (Å²) in [6.45, 7) is 1.73.